The number of Topliss-reactive ketones (excluding diaryl/α,β-unsaturated/α-hetero) is 1. The molecule has 0 saturated carbocycles. The number of amidine groups is 1. The van der Waals surface area contributed by atoms with Crippen LogP contribution in [-0.2, 0) is 13.0 Å². The number of ketones is 1. The number of carbonyl (C=O) groups excluding carboxylic acids is 1. The highest BCUT2D eigenvalue weighted by Crippen LogP contribution is 2.39. The van der Waals surface area contributed by atoms with E-state index in [0.29, 0.717) is 24.2 Å². The molecular weight excluding hydrogens is 455 g/mol. The number of fused-ring (bicyclic) bond motifs is 1. The summed E-state index contributed by atoms with van der Waals surface area (Å²) in [6.07, 6.45) is 2.27. The molecular formula is C26H31FN2O6. The van der Waals surface area contributed by atoms with Crippen LogP contribution in [0.2, 0.25) is 0 Å². The van der Waals surface area contributed by atoms with Gasteiger partial charge in [-0.25, -0.2) is 9.18 Å². The van der Waals surface area contributed by atoms with E-state index in [9.17, 15) is 14.7 Å². The van der Waals surface area contributed by atoms with Crippen molar-refractivity contribution in [3.05, 3.63) is 51.8 Å². The lowest BCUT2D eigenvalue weighted by Crippen LogP contribution is -2.30. The third-order valence-corrected chi connectivity index (χ3v) is 5.83. The van der Waals surface area contributed by atoms with Crippen LogP contribution in [0.15, 0.2) is 18.2 Å². The molecule has 8 nitrogen and oxygen atoms in total. The molecule has 0 bridgehead atoms. The average molecular weight is 487 g/mol. The van der Waals surface area contributed by atoms with E-state index >= 15 is 4.39 Å². The Balaban J connectivity index is 1.92. The minimum Gasteiger partial charge on any atom is -0.496 e. The lowest BCUT2D eigenvalue weighted by molar-refractivity contribution is 0.0693. The van der Waals surface area contributed by atoms with Crippen LogP contribution in [-0.4, -0.2) is 54.5 Å². The first-order valence-electron chi connectivity index (χ1n) is 11.7. The number of aromatic carboxylic acids is 1. The summed E-state index contributed by atoms with van der Waals surface area (Å²) in [7, 11) is 1.41. The maximum Gasteiger partial charge on any atom is 0.339 e. The molecule has 0 unspecified atom stereocenters. The molecule has 0 fully saturated rings. The van der Waals surface area contributed by atoms with Crippen molar-refractivity contribution in [3.8, 4) is 17.2 Å². The van der Waals surface area contributed by atoms with E-state index in [1.807, 2.05) is 6.92 Å². The number of carbonyl (C=O) groups is 2. The maximum absolute atomic E-state index is 15.3. The van der Waals surface area contributed by atoms with Gasteiger partial charge in [-0.2, -0.15) is 0 Å². The van der Waals surface area contributed by atoms with Crippen LogP contribution in [0.1, 0.15) is 71.0 Å². The summed E-state index contributed by atoms with van der Waals surface area (Å²) in [6.45, 7) is 6.02. The zero-order valence-electron chi connectivity index (χ0n) is 20.5. The molecule has 0 amide bonds. The molecule has 1 aliphatic heterocycles. The smallest absolute Gasteiger partial charge is 0.339 e. The summed E-state index contributed by atoms with van der Waals surface area (Å²) in [5, 5.41) is 18.2. The highest BCUT2D eigenvalue weighted by molar-refractivity contribution is 6.06. The zero-order valence-corrected chi connectivity index (χ0v) is 20.5. The molecule has 9 heteroatoms. The van der Waals surface area contributed by atoms with E-state index in [4.69, 9.17) is 19.6 Å². The van der Waals surface area contributed by atoms with Gasteiger partial charge in [-0.15, -0.1) is 0 Å². The van der Waals surface area contributed by atoms with E-state index in [1.165, 1.54) is 18.1 Å². The van der Waals surface area contributed by atoms with Gasteiger partial charge in [0.15, 0.2) is 23.1 Å². The van der Waals surface area contributed by atoms with Crippen molar-refractivity contribution in [2.75, 3.05) is 26.9 Å². The van der Waals surface area contributed by atoms with Crippen molar-refractivity contribution in [3.63, 3.8) is 0 Å². The zero-order chi connectivity index (χ0) is 25.7. The van der Waals surface area contributed by atoms with E-state index in [0.717, 1.165) is 12.8 Å². The van der Waals surface area contributed by atoms with Gasteiger partial charge in [-0.1, -0.05) is 13.3 Å². The van der Waals surface area contributed by atoms with Gasteiger partial charge in [-0.05, 0) is 56.0 Å². The Hall–Kier alpha value is -3.62. The molecule has 2 N–H and O–H groups in total. The van der Waals surface area contributed by atoms with Crippen LogP contribution in [0, 0.1) is 11.2 Å². The highest BCUT2D eigenvalue weighted by atomic mass is 19.1. The second-order valence-electron chi connectivity index (χ2n) is 8.17. The SMILES string of the molecule is CCCCc1cc(C(=O)CN2Cc3cc(OCC)c(OCC)c(F)c3C2=N)cc(C(=O)O)c1OC. The Bertz CT molecular complexity index is 1150. The first-order chi connectivity index (χ1) is 16.8. The van der Waals surface area contributed by atoms with Gasteiger partial charge in [0.1, 0.15) is 17.1 Å². The van der Waals surface area contributed by atoms with E-state index in [1.54, 1.807) is 26.0 Å². The summed E-state index contributed by atoms with van der Waals surface area (Å²) >= 11 is 0. The van der Waals surface area contributed by atoms with Crippen LogP contribution in [0.4, 0.5) is 4.39 Å². The highest BCUT2D eigenvalue weighted by Gasteiger charge is 2.33. The number of aryl methyl sites for hydroxylation is 1. The lowest BCUT2D eigenvalue weighted by Gasteiger charge is -2.18. The second-order valence-corrected chi connectivity index (χ2v) is 8.17. The number of nitrogens with one attached hydrogen (secondary N) is 1. The van der Waals surface area contributed by atoms with Gasteiger partial charge in [0.2, 0.25) is 0 Å². The fourth-order valence-corrected chi connectivity index (χ4v) is 4.23. The van der Waals surface area contributed by atoms with E-state index in [-0.39, 0.29) is 65.3 Å². The molecule has 0 spiro atoms. The number of unbranched alkanes of at least 4 members (excludes halogenated alkanes) is 1. The number of hydrogen-bond donors (Lipinski definition) is 2. The molecule has 0 atom stereocenters. The van der Waals surface area contributed by atoms with Crippen LogP contribution in [0.3, 0.4) is 0 Å². The molecule has 0 aromatic heterocycles. The monoisotopic (exact) mass is 486 g/mol. The molecule has 3 rings (SSSR count). The molecule has 2 aromatic rings. The standard InChI is InChI=1S/C26H31FN2O6/c1-5-8-9-15-10-16(11-18(26(31)32)23(15)33-4)19(30)14-29-13-17-12-20(34-6-2)24(35-7-3)22(27)21(17)25(29)28/h10-12,28H,5-9,13-14H2,1-4H3,(H,31,32). The quantitative estimate of drug-likeness (QED) is 0.419. The van der Waals surface area contributed by atoms with Crippen molar-refractivity contribution in [1.29, 1.82) is 5.41 Å². The summed E-state index contributed by atoms with van der Waals surface area (Å²) in [5.41, 5.74) is 1.37. The first-order valence-corrected chi connectivity index (χ1v) is 11.7. The summed E-state index contributed by atoms with van der Waals surface area (Å²) in [4.78, 5) is 26.5. The van der Waals surface area contributed by atoms with Crippen LogP contribution in [0.25, 0.3) is 0 Å². The first kappa shape index (κ1) is 26.0. The van der Waals surface area contributed by atoms with Crippen molar-refractivity contribution in [1.82, 2.24) is 4.90 Å². The van der Waals surface area contributed by atoms with Gasteiger partial charge < -0.3 is 24.2 Å². The largest absolute Gasteiger partial charge is 0.496 e. The molecule has 35 heavy (non-hydrogen) atoms. The lowest BCUT2D eigenvalue weighted by atomic mass is 9.97. The Morgan fingerprint density at radius 2 is 1.83 bits per heavy atom. The number of nitrogens with zero attached hydrogens (tertiary/aromatic N) is 1. The van der Waals surface area contributed by atoms with Gasteiger partial charge in [0.25, 0.3) is 0 Å². The number of benzene rings is 2. The van der Waals surface area contributed by atoms with Gasteiger partial charge >= 0.3 is 5.97 Å². The Kier molecular flexibility index (Phi) is 8.32. The predicted octanol–water partition coefficient (Wildman–Crippen LogP) is 4.70. The van der Waals surface area contributed by atoms with Crippen molar-refractivity contribution in [2.24, 2.45) is 0 Å². The van der Waals surface area contributed by atoms with E-state index < -0.39 is 11.8 Å². The number of hydrogen-bond acceptors (Lipinski definition) is 6. The van der Waals surface area contributed by atoms with Crippen molar-refractivity contribution >= 4 is 17.6 Å². The maximum atomic E-state index is 15.3. The number of rotatable bonds is 12. The molecule has 1 heterocycles. The number of carboxylic acid groups (broad SMARTS) is 1. The number of methoxy groups -OCH3 is 1. The van der Waals surface area contributed by atoms with Crippen LogP contribution < -0.4 is 14.2 Å². The van der Waals surface area contributed by atoms with Gasteiger partial charge in [0.05, 0.1) is 32.4 Å². The van der Waals surface area contributed by atoms with Crippen molar-refractivity contribution in [2.45, 2.75) is 46.6 Å². The number of ether oxygens (including phenoxy) is 3. The minimum absolute atomic E-state index is 0.0483. The number of halogens is 1. The summed E-state index contributed by atoms with van der Waals surface area (Å²) in [6, 6.07) is 4.59. The molecule has 2 aromatic carbocycles. The predicted molar refractivity (Wildman–Crippen MR) is 129 cm³/mol. The molecule has 0 radical (unpaired) electrons. The van der Waals surface area contributed by atoms with Gasteiger partial charge in [0, 0.05) is 12.1 Å². The number of carboxylic acids is 1. The minimum atomic E-state index is -1.19. The fourth-order valence-electron chi connectivity index (χ4n) is 4.23. The van der Waals surface area contributed by atoms with Crippen LogP contribution >= 0.6 is 0 Å². The third kappa shape index (κ3) is 5.23. The van der Waals surface area contributed by atoms with Gasteiger partial charge in [-0.3, -0.25) is 10.2 Å². The Morgan fingerprint density at radius 3 is 2.43 bits per heavy atom. The second kappa shape index (κ2) is 11.2. The molecule has 0 saturated heterocycles. The Labute approximate surface area is 204 Å². The summed E-state index contributed by atoms with van der Waals surface area (Å²) < 4.78 is 31.6. The van der Waals surface area contributed by atoms with Crippen molar-refractivity contribution < 1.29 is 33.3 Å². The topological polar surface area (TPSA) is 109 Å². The molecule has 1 aliphatic rings. The fraction of sp³-hybridized carbons (Fsp3) is 0.423. The van der Waals surface area contributed by atoms with Crippen LogP contribution in [0.5, 0.6) is 17.2 Å². The third-order valence-electron chi connectivity index (χ3n) is 5.83. The molecule has 188 valence electrons. The van der Waals surface area contributed by atoms with E-state index in [2.05, 4.69) is 0 Å². The normalized spacial score (nSPS) is 12.5. The summed E-state index contributed by atoms with van der Waals surface area (Å²) in [5.74, 6) is -1.93. The Morgan fingerprint density at radius 1 is 1.11 bits per heavy atom. The average Bonchev–Trinajstić information content (AvgIpc) is 3.14. The molecule has 0 aliphatic carbocycles.